The minimum atomic E-state index is 0. The Balaban J connectivity index is -0.0000000800. The second kappa shape index (κ2) is 15.9. The molecule has 0 aliphatic heterocycles. The minimum Gasteiger partial charge on any atom is -0.412 e. The molecule has 0 aromatic rings. The summed E-state index contributed by atoms with van der Waals surface area (Å²) >= 11 is 0. The molecule has 0 aromatic carbocycles. The molecule has 0 aliphatic carbocycles. The maximum Gasteiger partial charge on any atom is 2.00 e. The van der Waals surface area contributed by atoms with Crippen molar-refractivity contribution in [1.82, 2.24) is 0 Å². The van der Waals surface area contributed by atoms with E-state index in [9.17, 15) is 0 Å². The zero-order valence-electron chi connectivity index (χ0n) is 4.48. The molecule has 0 aromatic heterocycles. The van der Waals surface area contributed by atoms with Crippen molar-refractivity contribution in [2.45, 2.75) is 19.3 Å². The molecule has 0 rings (SSSR count). The van der Waals surface area contributed by atoms with Crippen LogP contribution in [-0.2, 0) is 22.4 Å². The Labute approximate surface area is 61.3 Å². The van der Waals surface area contributed by atoms with Gasteiger partial charge < -0.3 is 19.3 Å². The number of rotatable bonds is 2. The summed E-state index contributed by atoms with van der Waals surface area (Å²) in [7, 11) is 0. The molecule has 43 valence electrons. The first-order valence-corrected chi connectivity index (χ1v) is 2.00. The molecule has 0 unspecified atom stereocenters. The Kier molecular flexibility index (Phi) is 35.5. The van der Waals surface area contributed by atoms with E-state index in [1.54, 1.807) is 0 Å². The third-order valence-electron chi connectivity index (χ3n) is 0.500. The van der Waals surface area contributed by atoms with Crippen molar-refractivity contribution in [3.05, 3.63) is 13.8 Å². The molecule has 0 amide bonds. The summed E-state index contributed by atoms with van der Waals surface area (Å²) in [5, 5.41) is 0. The predicted molar refractivity (Wildman–Crippen MR) is 28.2 cm³/mol. The van der Waals surface area contributed by atoms with Crippen LogP contribution < -0.4 is 0 Å². The second-order valence-corrected chi connectivity index (χ2v) is 1.06. The van der Waals surface area contributed by atoms with Gasteiger partial charge in [-0.1, -0.05) is 0 Å². The Morgan fingerprint density at radius 2 is 1.29 bits per heavy atom. The van der Waals surface area contributed by atoms with E-state index in [-0.39, 0.29) is 27.9 Å². The standard InChI is InChI=1S/C5H10.H2O.Ta/c1-3-5-4-2;;/h1-5H2;1H2;/q-2;;+2. The van der Waals surface area contributed by atoms with Crippen LogP contribution in [0.4, 0.5) is 0 Å². The summed E-state index contributed by atoms with van der Waals surface area (Å²) in [6.07, 6.45) is 3.23. The van der Waals surface area contributed by atoms with Gasteiger partial charge in [0, 0.05) is 0 Å². The first-order chi connectivity index (χ1) is 2.41. The molecule has 2 heteroatoms. The fraction of sp³-hybridized carbons (Fsp3) is 0.600. The number of hydrogen-bond acceptors (Lipinski definition) is 0. The fourth-order valence-corrected chi connectivity index (χ4v) is 0.177. The summed E-state index contributed by atoms with van der Waals surface area (Å²) in [5.74, 6) is 0. The minimum absolute atomic E-state index is 0. The van der Waals surface area contributed by atoms with E-state index >= 15 is 0 Å². The monoisotopic (exact) mass is 269 g/mol. The molecule has 0 aliphatic rings. The van der Waals surface area contributed by atoms with Gasteiger partial charge in [0.25, 0.3) is 0 Å². The molecule has 0 saturated heterocycles. The van der Waals surface area contributed by atoms with E-state index in [0.29, 0.717) is 0 Å². The van der Waals surface area contributed by atoms with Crippen molar-refractivity contribution >= 4 is 0 Å². The molecular formula is C5H12OTa. The molecule has 7 heavy (non-hydrogen) atoms. The SMILES string of the molecule is O.[CH2-]CCC[CH2-].[Ta+2]. The van der Waals surface area contributed by atoms with Crippen LogP contribution in [0.3, 0.4) is 0 Å². The van der Waals surface area contributed by atoms with Gasteiger partial charge in [0.05, 0.1) is 0 Å². The van der Waals surface area contributed by atoms with Crippen LogP contribution in [0.15, 0.2) is 0 Å². The smallest absolute Gasteiger partial charge is 0.412 e. The van der Waals surface area contributed by atoms with E-state index in [4.69, 9.17) is 0 Å². The van der Waals surface area contributed by atoms with Gasteiger partial charge in [0.1, 0.15) is 0 Å². The van der Waals surface area contributed by atoms with Crippen LogP contribution in [0.25, 0.3) is 0 Å². The van der Waals surface area contributed by atoms with E-state index in [2.05, 4.69) is 13.8 Å². The topological polar surface area (TPSA) is 31.5 Å². The molecular weight excluding hydrogens is 257 g/mol. The zero-order valence-corrected chi connectivity index (χ0v) is 7.70. The van der Waals surface area contributed by atoms with Crippen LogP contribution in [-0.4, -0.2) is 5.48 Å². The number of unbranched alkanes of at least 4 members (excludes halogenated alkanes) is 2. The van der Waals surface area contributed by atoms with E-state index in [1.165, 1.54) is 6.42 Å². The Morgan fingerprint density at radius 1 is 1.00 bits per heavy atom. The molecule has 2 N–H and O–H groups in total. The van der Waals surface area contributed by atoms with Crippen molar-refractivity contribution in [2.24, 2.45) is 0 Å². The van der Waals surface area contributed by atoms with Crippen molar-refractivity contribution in [2.75, 3.05) is 0 Å². The van der Waals surface area contributed by atoms with Crippen LogP contribution in [0.2, 0.25) is 0 Å². The molecule has 0 bridgehead atoms. The third kappa shape index (κ3) is 20.3. The van der Waals surface area contributed by atoms with Gasteiger partial charge in [-0.2, -0.15) is 12.8 Å². The summed E-state index contributed by atoms with van der Waals surface area (Å²) in [5.41, 5.74) is 0. The molecule has 1 nitrogen and oxygen atoms in total. The van der Waals surface area contributed by atoms with Gasteiger partial charge in [-0.05, 0) is 0 Å². The average Bonchev–Trinajstić information content (AvgIpc) is 1.41. The van der Waals surface area contributed by atoms with Gasteiger partial charge in [-0.25, -0.2) is 0 Å². The largest absolute Gasteiger partial charge is 2.00 e. The molecule has 0 heterocycles. The first kappa shape index (κ1) is 15.6. The van der Waals surface area contributed by atoms with Crippen LogP contribution in [0.1, 0.15) is 19.3 Å². The van der Waals surface area contributed by atoms with Crippen molar-refractivity contribution in [3.63, 3.8) is 0 Å². The number of hydrogen-bond donors (Lipinski definition) is 0. The van der Waals surface area contributed by atoms with E-state index < -0.39 is 0 Å². The summed E-state index contributed by atoms with van der Waals surface area (Å²) in [4.78, 5) is 0. The molecule has 0 spiro atoms. The van der Waals surface area contributed by atoms with E-state index in [0.717, 1.165) is 12.8 Å². The maximum absolute atomic E-state index is 3.64. The summed E-state index contributed by atoms with van der Waals surface area (Å²) in [6.45, 7) is 7.27. The van der Waals surface area contributed by atoms with Gasteiger partial charge in [-0.15, -0.1) is 6.42 Å². The van der Waals surface area contributed by atoms with Crippen LogP contribution in [0.5, 0.6) is 0 Å². The molecule has 0 fully saturated rings. The maximum atomic E-state index is 3.64. The summed E-state index contributed by atoms with van der Waals surface area (Å²) < 4.78 is 0. The average molecular weight is 269 g/mol. The molecule has 1 radical (unpaired) electrons. The van der Waals surface area contributed by atoms with Crippen molar-refractivity contribution in [1.29, 1.82) is 0 Å². The molecule has 0 atom stereocenters. The second-order valence-electron chi connectivity index (χ2n) is 1.06. The van der Waals surface area contributed by atoms with E-state index in [1.807, 2.05) is 0 Å². The fourth-order valence-electron chi connectivity index (χ4n) is 0.177. The van der Waals surface area contributed by atoms with Crippen LogP contribution >= 0.6 is 0 Å². The predicted octanol–water partition coefficient (Wildman–Crippen LogP) is 0.998. The van der Waals surface area contributed by atoms with Gasteiger partial charge in [-0.3, -0.25) is 0 Å². The van der Waals surface area contributed by atoms with Crippen molar-refractivity contribution in [3.8, 4) is 0 Å². The Bertz CT molecular complexity index is 15.6. The van der Waals surface area contributed by atoms with Crippen LogP contribution in [0, 0.1) is 13.8 Å². The summed E-state index contributed by atoms with van der Waals surface area (Å²) in [6, 6.07) is 0. The normalized spacial score (nSPS) is 6.00. The Morgan fingerprint density at radius 3 is 1.29 bits per heavy atom. The van der Waals surface area contributed by atoms with Crippen molar-refractivity contribution < 1.29 is 27.9 Å². The Hall–Kier alpha value is 0.700. The molecule has 0 saturated carbocycles. The first-order valence-electron chi connectivity index (χ1n) is 2.00. The van der Waals surface area contributed by atoms with Gasteiger partial charge in [0.15, 0.2) is 0 Å². The van der Waals surface area contributed by atoms with Gasteiger partial charge in [0.2, 0.25) is 0 Å². The third-order valence-corrected chi connectivity index (χ3v) is 0.500. The quantitative estimate of drug-likeness (QED) is 0.670. The van der Waals surface area contributed by atoms with Gasteiger partial charge >= 0.3 is 22.4 Å². The zero-order chi connectivity index (χ0) is 4.12.